The van der Waals surface area contributed by atoms with Crippen molar-refractivity contribution in [2.75, 3.05) is 0 Å². The highest BCUT2D eigenvalue weighted by molar-refractivity contribution is 8.13. The quantitative estimate of drug-likeness (QED) is 0.575. The van der Waals surface area contributed by atoms with E-state index in [2.05, 4.69) is 9.97 Å². The maximum atomic E-state index is 12.9. The van der Waals surface area contributed by atoms with Crippen molar-refractivity contribution >= 4 is 27.9 Å². The van der Waals surface area contributed by atoms with Crippen LogP contribution < -0.4 is 0 Å². The molecule has 0 unspecified atom stereocenters. The van der Waals surface area contributed by atoms with Gasteiger partial charge in [0.2, 0.25) is 5.12 Å². The average Bonchev–Trinajstić information content (AvgIpc) is 3.00. The highest BCUT2D eigenvalue weighted by Gasteiger charge is 2.28. The Hall–Kier alpha value is -2.27. The molecule has 0 saturated carbocycles. The zero-order chi connectivity index (χ0) is 20.7. The van der Waals surface area contributed by atoms with Crippen LogP contribution in [0.15, 0.2) is 36.4 Å². The van der Waals surface area contributed by atoms with Gasteiger partial charge in [0, 0.05) is 16.7 Å². The number of thioether (sulfide) groups is 1. The molecular weight excluding hydrogens is 368 g/mol. The van der Waals surface area contributed by atoms with Crippen LogP contribution in [0.3, 0.4) is 0 Å². The van der Waals surface area contributed by atoms with Crippen molar-refractivity contribution in [2.24, 2.45) is 0 Å². The third-order valence-corrected chi connectivity index (χ3v) is 5.66. The highest BCUT2D eigenvalue weighted by Crippen LogP contribution is 2.40. The summed E-state index contributed by atoms with van der Waals surface area (Å²) in [4.78, 5) is 20.7. The minimum absolute atomic E-state index is 0.0172. The summed E-state index contributed by atoms with van der Waals surface area (Å²) in [6, 6.07) is 11.5. The lowest BCUT2D eigenvalue weighted by molar-refractivity contribution is 0.108. The first-order valence-electron chi connectivity index (χ1n) is 9.45. The molecule has 0 spiro atoms. The molecule has 0 saturated heterocycles. The summed E-state index contributed by atoms with van der Waals surface area (Å²) in [6.45, 7) is 12.3. The number of carbonyl (C=O) groups is 1. The number of benzene rings is 2. The van der Waals surface area contributed by atoms with Gasteiger partial charge in [-0.3, -0.25) is 4.79 Å². The van der Waals surface area contributed by atoms with E-state index in [-0.39, 0.29) is 15.9 Å². The molecule has 148 valence electrons. The minimum Gasteiger partial charge on any atom is -0.507 e. The first kappa shape index (κ1) is 20.5. The van der Waals surface area contributed by atoms with Crippen molar-refractivity contribution in [3.05, 3.63) is 58.9 Å². The van der Waals surface area contributed by atoms with Gasteiger partial charge < -0.3 is 10.1 Å². The molecule has 4 nitrogen and oxygen atoms in total. The molecular formula is C23H28N2O2S. The SMILES string of the molecule is CC(C)(C)c1cc(C(=O)SCc2nc3ccccc3[nH]2)cc(C(C)(C)C)c1O. The van der Waals surface area contributed by atoms with Gasteiger partial charge in [0.1, 0.15) is 11.6 Å². The number of hydrogen-bond donors (Lipinski definition) is 2. The number of nitrogens with one attached hydrogen (secondary N) is 1. The smallest absolute Gasteiger partial charge is 0.219 e. The number of aromatic nitrogens is 2. The molecule has 0 aliphatic carbocycles. The number of phenolic OH excluding ortho intramolecular Hbond substituents is 1. The Morgan fingerprint density at radius 2 is 1.61 bits per heavy atom. The Bertz CT molecular complexity index is 955. The number of aromatic hydroxyl groups is 1. The molecule has 0 aliphatic heterocycles. The van der Waals surface area contributed by atoms with Crippen LogP contribution in [-0.2, 0) is 16.6 Å². The molecule has 5 heteroatoms. The lowest BCUT2D eigenvalue weighted by Crippen LogP contribution is -2.18. The number of phenols is 1. The number of para-hydroxylation sites is 2. The monoisotopic (exact) mass is 396 g/mol. The summed E-state index contributed by atoms with van der Waals surface area (Å²) in [5.74, 6) is 1.55. The van der Waals surface area contributed by atoms with Gasteiger partial charge in [0.25, 0.3) is 0 Å². The van der Waals surface area contributed by atoms with Crippen molar-refractivity contribution < 1.29 is 9.90 Å². The number of rotatable bonds is 3. The number of fused-ring (bicyclic) bond motifs is 1. The van der Waals surface area contributed by atoms with Gasteiger partial charge in [0.15, 0.2) is 0 Å². The molecule has 2 aromatic carbocycles. The molecule has 3 aromatic rings. The third kappa shape index (κ3) is 4.25. The van der Waals surface area contributed by atoms with Gasteiger partial charge in [0.05, 0.1) is 16.8 Å². The molecule has 1 aromatic heterocycles. The van der Waals surface area contributed by atoms with E-state index in [1.807, 2.05) is 77.9 Å². The Morgan fingerprint density at radius 3 is 2.14 bits per heavy atom. The molecule has 0 bridgehead atoms. The number of nitrogens with zero attached hydrogens (tertiary/aromatic N) is 1. The highest BCUT2D eigenvalue weighted by atomic mass is 32.2. The third-order valence-electron chi connectivity index (χ3n) is 4.74. The van der Waals surface area contributed by atoms with E-state index in [4.69, 9.17) is 0 Å². The fourth-order valence-corrected chi connectivity index (χ4v) is 3.88. The number of hydrogen-bond acceptors (Lipinski definition) is 4. The van der Waals surface area contributed by atoms with E-state index in [1.54, 1.807) is 0 Å². The van der Waals surface area contributed by atoms with Crippen molar-refractivity contribution in [1.82, 2.24) is 9.97 Å². The van der Waals surface area contributed by atoms with E-state index < -0.39 is 0 Å². The largest absolute Gasteiger partial charge is 0.507 e. The zero-order valence-corrected chi connectivity index (χ0v) is 18.2. The zero-order valence-electron chi connectivity index (χ0n) is 17.4. The van der Waals surface area contributed by atoms with Gasteiger partial charge in [-0.2, -0.15) is 0 Å². The van der Waals surface area contributed by atoms with Gasteiger partial charge in [-0.05, 0) is 35.1 Å². The fraction of sp³-hybridized carbons (Fsp3) is 0.391. The lowest BCUT2D eigenvalue weighted by atomic mass is 9.78. The molecule has 0 aliphatic rings. The normalized spacial score (nSPS) is 12.5. The van der Waals surface area contributed by atoms with E-state index in [1.165, 1.54) is 11.8 Å². The number of carbonyl (C=O) groups excluding carboxylic acids is 1. The molecule has 28 heavy (non-hydrogen) atoms. The van der Waals surface area contributed by atoms with Crippen LogP contribution in [0.25, 0.3) is 11.0 Å². The van der Waals surface area contributed by atoms with Gasteiger partial charge in [-0.1, -0.05) is 65.4 Å². The average molecular weight is 397 g/mol. The van der Waals surface area contributed by atoms with E-state index in [0.29, 0.717) is 17.1 Å². The van der Waals surface area contributed by atoms with Crippen LogP contribution in [0.1, 0.15) is 68.9 Å². The number of imidazole rings is 1. The Kier molecular flexibility index (Phi) is 5.32. The maximum absolute atomic E-state index is 12.9. The summed E-state index contributed by atoms with van der Waals surface area (Å²) < 4.78 is 0. The van der Waals surface area contributed by atoms with E-state index in [0.717, 1.165) is 28.0 Å². The Morgan fingerprint density at radius 1 is 1.04 bits per heavy atom. The Labute approximate surface area is 170 Å². The Balaban J connectivity index is 1.90. The maximum Gasteiger partial charge on any atom is 0.219 e. The minimum atomic E-state index is -0.260. The summed E-state index contributed by atoms with van der Waals surface area (Å²) in [6.07, 6.45) is 0. The van der Waals surface area contributed by atoms with E-state index >= 15 is 0 Å². The summed E-state index contributed by atoms with van der Waals surface area (Å²) in [5.41, 5.74) is 3.57. The van der Waals surface area contributed by atoms with Gasteiger partial charge in [-0.25, -0.2) is 4.98 Å². The first-order valence-corrected chi connectivity index (χ1v) is 10.4. The fourth-order valence-electron chi connectivity index (χ4n) is 3.19. The second-order valence-electron chi connectivity index (χ2n) is 9.20. The molecule has 1 heterocycles. The molecule has 0 atom stereocenters. The second kappa shape index (κ2) is 7.28. The van der Waals surface area contributed by atoms with Crippen LogP contribution in [0.4, 0.5) is 0 Å². The van der Waals surface area contributed by atoms with Crippen LogP contribution in [0.2, 0.25) is 0 Å². The van der Waals surface area contributed by atoms with Crippen LogP contribution in [0.5, 0.6) is 5.75 Å². The van der Waals surface area contributed by atoms with Crippen LogP contribution in [-0.4, -0.2) is 20.2 Å². The van der Waals surface area contributed by atoms with Gasteiger partial charge in [-0.15, -0.1) is 0 Å². The molecule has 3 rings (SSSR count). The van der Waals surface area contributed by atoms with Crippen molar-refractivity contribution in [2.45, 2.75) is 58.1 Å². The lowest BCUT2D eigenvalue weighted by Gasteiger charge is -2.28. The van der Waals surface area contributed by atoms with Gasteiger partial charge >= 0.3 is 0 Å². The molecule has 0 fully saturated rings. The predicted molar refractivity (Wildman–Crippen MR) is 117 cm³/mol. The van der Waals surface area contributed by atoms with Crippen molar-refractivity contribution in [3.8, 4) is 5.75 Å². The summed E-state index contributed by atoms with van der Waals surface area (Å²) in [7, 11) is 0. The second-order valence-corrected chi connectivity index (χ2v) is 10.1. The predicted octanol–water partition coefficient (Wildman–Crippen LogP) is 5.94. The molecule has 0 amide bonds. The van der Waals surface area contributed by atoms with Crippen LogP contribution in [0, 0.1) is 0 Å². The number of H-pyrrole nitrogens is 1. The van der Waals surface area contributed by atoms with Crippen LogP contribution >= 0.6 is 11.8 Å². The summed E-state index contributed by atoms with van der Waals surface area (Å²) >= 11 is 1.23. The first-order chi connectivity index (χ1) is 13.0. The van der Waals surface area contributed by atoms with Crippen molar-refractivity contribution in [1.29, 1.82) is 0 Å². The number of aromatic amines is 1. The topological polar surface area (TPSA) is 66.0 Å². The summed E-state index contributed by atoms with van der Waals surface area (Å²) in [5, 5.41) is 10.8. The molecule has 2 N–H and O–H groups in total. The van der Waals surface area contributed by atoms with Crippen molar-refractivity contribution in [3.63, 3.8) is 0 Å². The molecule has 0 radical (unpaired) electrons. The standard InChI is InChI=1S/C23H28N2O2S/c1-22(2,3)15-11-14(12-16(20(15)26)23(4,5)6)21(27)28-13-19-24-17-9-7-8-10-18(17)25-19/h7-12,26H,13H2,1-6H3,(H,24,25). The van der Waals surface area contributed by atoms with E-state index in [9.17, 15) is 9.90 Å².